The Morgan fingerprint density at radius 2 is 2.42 bits per heavy atom. The average Bonchev–Trinajstić information content (AvgIpc) is 3.01. The van der Waals surface area contributed by atoms with Crippen LogP contribution in [0.4, 0.5) is 0 Å². The van der Waals surface area contributed by atoms with Crippen molar-refractivity contribution in [2.24, 2.45) is 5.92 Å². The molecule has 4 heteroatoms. The van der Waals surface area contributed by atoms with Crippen molar-refractivity contribution in [2.75, 3.05) is 19.7 Å². The van der Waals surface area contributed by atoms with E-state index in [1.54, 1.807) is 18.7 Å². The molecular formula is C15H18N2O2. The summed E-state index contributed by atoms with van der Waals surface area (Å²) in [5, 5.41) is 3.40. The first-order valence-corrected chi connectivity index (χ1v) is 6.74. The zero-order valence-electron chi connectivity index (χ0n) is 10.8. The molecule has 0 amide bonds. The van der Waals surface area contributed by atoms with Crippen LogP contribution in [0.5, 0.6) is 5.88 Å². The summed E-state index contributed by atoms with van der Waals surface area (Å²) in [4.78, 5) is 4.33. The van der Waals surface area contributed by atoms with Gasteiger partial charge in [0.05, 0.1) is 19.1 Å². The molecule has 1 aliphatic rings. The number of hydrogen-bond acceptors (Lipinski definition) is 4. The molecule has 1 N–H and O–H groups in total. The van der Waals surface area contributed by atoms with Crippen LogP contribution in [-0.2, 0) is 0 Å². The molecule has 100 valence electrons. The fourth-order valence-corrected chi connectivity index (χ4v) is 2.41. The molecule has 2 aromatic heterocycles. The molecule has 4 nitrogen and oxygen atoms in total. The van der Waals surface area contributed by atoms with Gasteiger partial charge in [0.25, 0.3) is 0 Å². The van der Waals surface area contributed by atoms with Crippen molar-refractivity contribution in [3.63, 3.8) is 0 Å². The molecule has 3 rings (SSSR count). The second kappa shape index (κ2) is 5.89. The highest BCUT2D eigenvalue weighted by atomic mass is 16.5. The summed E-state index contributed by atoms with van der Waals surface area (Å²) in [6.07, 6.45) is 7.59. The van der Waals surface area contributed by atoms with Crippen LogP contribution < -0.4 is 10.1 Å². The summed E-state index contributed by atoms with van der Waals surface area (Å²) < 4.78 is 11.0. The van der Waals surface area contributed by atoms with Gasteiger partial charge >= 0.3 is 0 Å². The number of nitrogens with zero attached hydrogens (tertiary/aromatic N) is 1. The summed E-state index contributed by atoms with van der Waals surface area (Å²) in [6, 6.07) is 5.84. The first kappa shape index (κ1) is 12.2. The molecule has 1 fully saturated rings. The Bertz CT molecular complexity index is 505. The Hall–Kier alpha value is -1.81. The maximum Gasteiger partial charge on any atom is 0.221 e. The topological polar surface area (TPSA) is 47.3 Å². The Kier molecular flexibility index (Phi) is 3.79. The Morgan fingerprint density at radius 1 is 1.42 bits per heavy atom. The van der Waals surface area contributed by atoms with E-state index in [1.807, 2.05) is 18.2 Å². The third-order valence-corrected chi connectivity index (χ3v) is 3.46. The molecule has 0 bridgehead atoms. The van der Waals surface area contributed by atoms with Gasteiger partial charge in [-0.25, -0.2) is 4.98 Å². The van der Waals surface area contributed by atoms with Gasteiger partial charge < -0.3 is 14.5 Å². The lowest BCUT2D eigenvalue weighted by molar-refractivity contribution is 0.213. The van der Waals surface area contributed by atoms with E-state index in [4.69, 9.17) is 9.15 Å². The Balaban J connectivity index is 1.70. The second-order valence-corrected chi connectivity index (χ2v) is 4.89. The van der Waals surface area contributed by atoms with Crippen LogP contribution in [0.15, 0.2) is 41.3 Å². The fraction of sp³-hybridized carbons (Fsp3) is 0.400. The summed E-state index contributed by atoms with van der Waals surface area (Å²) in [5.74, 6) is 1.27. The molecule has 1 unspecified atom stereocenters. The first-order valence-electron chi connectivity index (χ1n) is 6.74. The van der Waals surface area contributed by atoms with Gasteiger partial charge in [-0.05, 0) is 37.6 Å². The van der Waals surface area contributed by atoms with Gasteiger partial charge in [0.15, 0.2) is 0 Å². The van der Waals surface area contributed by atoms with Gasteiger partial charge in [-0.3, -0.25) is 0 Å². The van der Waals surface area contributed by atoms with Crippen molar-refractivity contribution in [3.05, 3.63) is 36.9 Å². The molecule has 0 spiro atoms. The maximum atomic E-state index is 5.91. The Morgan fingerprint density at radius 3 is 3.21 bits per heavy atom. The van der Waals surface area contributed by atoms with Crippen molar-refractivity contribution in [2.45, 2.75) is 12.8 Å². The fourth-order valence-electron chi connectivity index (χ4n) is 2.41. The number of pyridine rings is 1. The van der Waals surface area contributed by atoms with Crippen LogP contribution in [0, 0.1) is 5.92 Å². The highest BCUT2D eigenvalue weighted by Gasteiger charge is 2.15. The molecule has 0 saturated carbocycles. The summed E-state index contributed by atoms with van der Waals surface area (Å²) in [6.45, 7) is 2.88. The van der Waals surface area contributed by atoms with E-state index in [2.05, 4.69) is 10.3 Å². The van der Waals surface area contributed by atoms with Gasteiger partial charge in [0.1, 0.15) is 0 Å². The first-order chi connectivity index (χ1) is 9.43. The van der Waals surface area contributed by atoms with Crippen molar-refractivity contribution >= 4 is 0 Å². The average molecular weight is 258 g/mol. The van der Waals surface area contributed by atoms with Crippen LogP contribution in [0.2, 0.25) is 0 Å². The minimum absolute atomic E-state index is 0.577. The van der Waals surface area contributed by atoms with E-state index < -0.39 is 0 Å². The quantitative estimate of drug-likeness (QED) is 0.916. The normalized spacial score (nSPS) is 19.3. The largest absolute Gasteiger partial charge is 0.477 e. The molecule has 3 heterocycles. The lowest BCUT2D eigenvalue weighted by Gasteiger charge is -2.22. The van der Waals surface area contributed by atoms with Crippen LogP contribution in [-0.4, -0.2) is 24.7 Å². The minimum atomic E-state index is 0.577. The van der Waals surface area contributed by atoms with Crippen LogP contribution in [0.1, 0.15) is 12.8 Å². The van der Waals surface area contributed by atoms with Crippen LogP contribution in [0.3, 0.4) is 0 Å². The lowest BCUT2D eigenvalue weighted by Crippen LogP contribution is -2.33. The molecular weight excluding hydrogens is 240 g/mol. The molecule has 0 aromatic carbocycles. The minimum Gasteiger partial charge on any atom is -0.477 e. The zero-order valence-corrected chi connectivity index (χ0v) is 10.8. The van der Waals surface area contributed by atoms with E-state index in [9.17, 15) is 0 Å². The third kappa shape index (κ3) is 2.96. The molecule has 1 saturated heterocycles. The van der Waals surface area contributed by atoms with Gasteiger partial charge in [-0.1, -0.05) is 0 Å². The smallest absolute Gasteiger partial charge is 0.221 e. The number of piperidine rings is 1. The van der Waals surface area contributed by atoms with E-state index >= 15 is 0 Å². The van der Waals surface area contributed by atoms with Gasteiger partial charge in [-0.15, -0.1) is 0 Å². The summed E-state index contributed by atoms with van der Waals surface area (Å²) in [7, 11) is 0. The van der Waals surface area contributed by atoms with E-state index in [0.717, 1.165) is 30.8 Å². The molecule has 0 aliphatic carbocycles. The predicted molar refractivity (Wildman–Crippen MR) is 73.0 cm³/mol. The van der Waals surface area contributed by atoms with E-state index in [0.29, 0.717) is 11.8 Å². The van der Waals surface area contributed by atoms with Crippen molar-refractivity contribution < 1.29 is 9.15 Å². The van der Waals surface area contributed by atoms with Crippen LogP contribution >= 0.6 is 0 Å². The van der Waals surface area contributed by atoms with E-state index in [-0.39, 0.29) is 0 Å². The van der Waals surface area contributed by atoms with Crippen molar-refractivity contribution in [1.29, 1.82) is 0 Å². The predicted octanol–water partition coefficient (Wildman–Crippen LogP) is 2.72. The zero-order chi connectivity index (χ0) is 12.9. The second-order valence-electron chi connectivity index (χ2n) is 4.89. The van der Waals surface area contributed by atoms with Gasteiger partial charge in [-0.2, -0.15) is 0 Å². The summed E-state index contributed by atoms with van der Waals surface area (Å²) >= 11 is 0. The van der Waals surface area contributed by atoms with Gasteiger partial charge in [0.2, 0.25) is 5.88 Å². The number of hydrogen-bond donors (Lipinski definition) is 1. The number of aromatic nitrogens is 1. The Labute approximate surface area is 112 Å². The number of furan rings is 1. The third-order valence-electron chi connectivity index (χ3n) is 3.46. The lowest BCUT2D eigenvalue weighted by atomic mass is 10.0. The molecule has 1 atom stereocenters. The van der Waals surface area contributed by atoms with Crippen molar-refractivity contribution in [3.8, 4) is 17.0 Å². The molecule has 2 aromatic rings. The highest BCUT2D eigenvalue weighted by molar-refractivity contribution is 5.67. The monoisotopic (exact) mass is 258 g/mol. The maximum absolute atomic E-state index is 5.91. The SMILES string of the molecule is c1cnc(OCC2CCCNC2)c(-c2ccoc2)c1. The number of rotatable bonds is 4. The highest BCUT2D eigenvalue weighted by Crippen LogP contribution is 2.28. The number of nitrogens with one attached hydrogen (secondary N) is 1. The van der Waals surface area contributed by atoms with E-state index in [1.165, 1.54) is 12.8 Å². The molecule has 1 aliphatic heterocycles. The van der Waals surface area contributed by atoms with Crippen molar-refractivity contribution in [1.82, 2.24) is 10.3 Å². The molecule has 19 heavy (non-hydrogen) atoms. The van der Waals surface area contributed by atoms with Gasteiger partial charge in [0, 0.05) is 29.8 Å². The standard InChI is InChI=1S/C15H18N2O2/c1-3-12(9-16-6-1)10-19-15-14(4-2-7-17-15)13-5-8-18-11-13/h2,4-5,7-8,11-12,16H,1,3,6,9-10H2. The summed E-state index contributed by atoms with van der Waals surface area (Å²) in [5.41, 5.74) is 1.99. The molecule has 0 radical (unpaired) electrons. The van der Waals surface area contributed by atoms with Crippen LogP contribution in [0.25, 0.3) is 11.1 Å². The number of ether oxygens (including phenoxy) is 1.